The number of nitrogens with zero attached hydrogens (tertiary/aromatic N) is 1. The lowest BCUT2D eigenvalue weighted by atomic mass is 9.89. The molecule has 0 aromatic heterocycles. The summed E-state index contributed by atoms with van der Waals surface area (Å²) < 4.78 is 10.6. The molecule has 6 heteroatoms. The maximum atomic E-state index is 13.0. The topological polar surface area (TPSA) is 81.9 Å². The zero-order valence-electron chi connectivity index (χ0n) is 14.9. The minimum atomic E-state index is -0.360. The second-order valence-corrected chi connectivity index (χ2v) is 6.20. The summed E-state index contributed by atoms with van der Waals surface area (Å²) in [6.45, 7) is 0.460. The molecule has 1 unspecified atom stereocenters. The number of benzene rings is 2. The van der Waals surface area contributed by atoms with Crippen molar-refractivity contribution in [2.45, 2.75) is 18.8 Å². The fourth-order valence-corrected chi connectivity index (χ4v) is 3.37. The number of primary amides is 1. The predicted molar refractivity (Wildman–Crippen MR) is 98.6 cm³/mol. The number of amides is 2. The van der Waals surface area contributed by atoms with E-state index in [1.165, 1.54) is 0 Å². The highest BCUT2D eigenvalue weighted by molar-refractivity contribution is 5.98. The van der Waals surface area contributed by atoms with Crippen LogP contribution in [-0.4, -0.2) is 32.6 Å². The monoisotopic (exact) mass is 354 g/mol. The van der Waals surface area contributed by atoms with Gasteiger partial charge in [0, 0.05) is 23.9 Å². The van der Waals surface area contributed by atoms with Gasteiger partial charge in [-0.2, -0.15) is 0 Å². The summed E-state index contributed by atoms with van der Waals surface area (Å²) in [5, 5.41) is 0. The Balaban J connectivity index is 1.87. The van der Waals surface area contributed by atoms with Crippen LogP contribution in [0.15, 0.2) is 42.5 Å². The fourth-order valence-electron chi connectivity index (χ4n) is 3.37. The normalized spacial score (nSPS) is 15.9. The molecule has 2 amide bonds. The van der Waals surface area contributed by atoms with Crippen LogP contribution in [0.25, 0.3) is 0 Å². The highest BCUT2D eigenvalue weighted by Crippen LogP contribution is 2.35. The van der Waals surface area contributed by atoms with Gasteiger partial charge in [-0.1, -0.05) is 24.3 Å². The summed E-state index contributed by atoms with van der Waals surface area (Å²) in [5.74, 6) is 0.514. The number of carbonyl (C=O) groups is 2. The molecule has 2 aromatic carbocycles. The molecule has 0 saturated heterocycles. The molecule has 1 aliphatic rings. The van der Waals surface area contributed by atoms with Crippen LogP contribution in [0.1, 0.15) is 23.5 Å². The van der Waals surface area contributed by atoms with E-state index in [0.29, 0.717) is 24.5 Å². The maximum Gasteiger partial charge on any atom is 0.231 e. The van der Waals surface area contributed by atoms with E-state index in [2.05, 4.69) is 0 Å². The van der Waals surface area contributed by atoms with Crippen molar-refractivity contribution in [2.24, 2.45) is 5.73 Å². The Hall–Kier alpha value is -3.02. The molecule has 0 saturated carbocycles. The minimum Gasteiger partial charge on any atom is -0.497 e. The molecule has 0 spiro atoms. The smallest absolute Gasteiger partial charge is 0.231 e. The Bertz CT molecular complexity index is 834. The van der Waals surface area contributed by atoms with Gasteiger partial charge in [0.25, 0.3) is 0 Å². The van der Waals surface area contributed by atoms with Crippen molar-refractivity contribution in [1.82, 2.24) is 0 Å². The summed E-state index contributed by atoms with van der Waals surface area (Å²) >= 11 is 0. The van der Waals surface area contributed by atoms with E-state index in [1.807, 2.05) is 30.3 Å². The number of carbonyl (C=O) groups excluding carboxylic acids is 2. The minimum absolute atomic E-state index is 0.0520. The van der Waals surface area contributed by atoms with Crippen LogP contribution in [0, 0.1) is 0 Å². The molecule has 2 aromatic rings. The molecule has 26 heavy (non-hydrogen) atoms. The molecular formula is C20H22N2O4. The molecule has 2 N–H and O–H groups in total. The quantitative estimate of drug-likeness (QED) is 0.893. The average molecular weight is 354 g/mol. The number of para-hydroxylation sites is 1. The Labute approximate surface area is 152 Å². The van der Waals surface area contributed by atoms with Crippen LogP contribution in [0.2, 0.25) is 0 Å². The van der Waals surface area contributed by atoms with Crippen LogP contribution in [-0.2, 0) is 16.0 Å². The predicted octanol–water partition coefficient (Wildman–Crippen LogP) is 2.25. The van der Waals surface area contributed by atoms with Gasteiger partial charge in [0.05, 0.1) is 26.6 Å². The maximum absolute atomic E-state index is 13.0. The summed E-state index contributed by atoms with van der Waals surface area (Å²) in [4.78, 5) is 26.4. The zero-order valence-corrected chi connectivity index (χ0v) is 14.9. The van der Waals surface area contributed by atoms with Crippen molar-refractivity contribution >= 4 is 17.5 Å². The van der Waals surface area contributed by atoms with Crippen LogP contribution in [0.5, 0.6) is 11.5 Å². The molecule has 1 aliphatic heterocycles. The molecule has 6 nitrogen and oxygen atoms in total. The number of hydrogen-bond acceptors (Lipinski definition) is 4. The average Bonchev–Trinajstić information content (AvgIpc) is 2.67. The van der Waals surface area contributed by atoms with Crippen LogP contribution >= 0.6 is 0 Å². The van der Waals surface area contributed by atoms with E-state index in [9.17, 15) is 9.59 Å². The van der Waals surface area contributed by atoms with E-state index in [0.717, 1.165) is 16.8 Å². The Morgan fingerprint density at radius 3 is 2.62 bits per heavy atom. The lowest BCUT2D eigenvalue weighted by Gasteiger charge is -2.33. The number of fused-ring (bicyclic) bond motifs is 1. The van der Waals surface area contributed by atoms with Gasteiger partial charge in [0.15, 0.2) is 0 Å². The van der Waals surface area contributed by atoms with Crippen LogP contribution in [0.4, 0.5) is 5.69 Å². The molecule has 0 fully saturated rings. The van der Waals surface area contributed by atoms with Crippen molar-refractivity contribution in [3.63, 3.8) is 0 Å². The van der Waals surface area contributed by atoms with Gasteiger partial charge in [-0.15, -0.1) is 0 Å². The van der Waals surface area contributed by atoms with Crippen molar-refractivity contribution in [3.05, 3.63) is 53.6 Å². The third-order valence-corrected chi connectivity index (χ3v) is 4.72. The van der Waals surface area contributed by atoms with Gasteiger partial charge in [-0.25, -0.2) is 0 Å². The van der Waals surface area contributed by atoms with E-state index in [4.69, 9.17) is 15.2 Å². The zero-order chi connectivity index (χ0) is 18.7. The second kappa shape index (κ2) is 7.47. The standard InChI is InChI=1S/C20H22N2O4/c1-25-14-8-7-13(18(12-14)26-2)11-19(23)22-10-9-16(20(21)24)15-5-3-4-6-17(15)22/h3-8,12,16H,9-11H2,1-2H3,(H2,21,24). The van der Waals surface area contributed by atoms with Crippen LogP contribution < -0.4 is 20.1 Å². The Morgan fingerprint density at radius 1 is 1.15 bits per heavy atom. The number of anilines is 1. The number of methoxy groups -OCH3 is 2. The summed E-state index contributed by atoms with van der Waals surface area (Å²) in [6.07, 6.45) is 0.723. The van der Waals surface area contributed by atoms with Gasteiger partial charge in [-0.05, 0) is 24.1 Å². The van der Waals surface area contributed by atoms with Gasteiger partial charge in [-0.3, -0.25) is 9.59 Å². The molecule has 0 radical (unpaired) electrons. The van der Waals surface area contributed by atoms with Gasteiger partial charge in [0.2, 0.25) is 11.8 Å². The largest absolute Gasteiger partial charge is 0.497 e. The van der Waals surface area contributed by atoms with Crippen molar-refractivity contribution in [3.8, 4) is 11.5 Å². The first-order valence-electron chi connectivity index (χ1n) is 8.44. The summed E-state index contributed by atoms with van der Waals surface area (Å²) in [6, 6.07) is 12.8. The lowest BCUT2D eigenvalue weighted by Crippen LogP contribution is -2.40. The number of ether oxygens (including phenoxy) is 2. The Morgan fingerprint density at radius 2 is 1.92 bits per heavy atom. The molecule has 1 heterocycles. The fraction of sp³-hybridized carbons (Fsp3) is 0.300. The molecular weight excluding hydrogens is 332 g/mol. The summed E-state index contributed by atoms with van der Waals surface area (Å²) in [5.41, 5.74) is 7.86. The van der Waals surface area contributed by atoms with Gasteiger partial charge >= 0.3 is 0 Å². The third kappa shape index (κ3) is 3.35. The highest BCUT2D eigenvalue weighted by Gasteiger charge is 2.31. The van der Waals surface area contributed by atoms with Crippen molar-refractivity contribution < 1.29 is 19.1 Å². The number of hydrogen-bond donors (Lipinski definition) is 1. The first-order chi connectivity index (χ1) is 12.5. The summed E-state index contributed by atoms with van der Waals surface area (Å²) in [7, 11) is 3.15. The van der Waals surface area contributed by atoms with Gasteiger partial charge in [0.1, 0.15) is 11.5 Å². The van der Waals surface area contributed by atoms with E-state index >= 15 is 0 Å². The van der Waals surface area contributed by atoms with Gasteiger partial charge < -0.3 is 20.1 Å². The molecule has 136 valence electrons. The third-order valence-electron chi connectivity index (χ3n) is 4.72. The number of rotatable bonds is 5. The molecule has 3 rings (SSSR count). The van der Waals surface area contributed by atoms with E-state index in [-0.39, 0.29) is 24.2 Å². The Kier molecular flexibility index (Phi) is 5.11. The van der Waals surface area contributed by atoms with E-state index in [1.54, 1.807) is 31.3 Å². The highest BCUT2D eigenvalue weighted by atomic mass is 16.5. The van der Waals surface area contributed by atoms with Crippen LogP contribution in [0.3, 0.4) is 0 Å². The SMILES string of the molecule is COc1ccc(CC(=O)N2CCC(C(N)=O)c3ccccc32)c(OC)c1. The lowest BCUT2D eigenvalue weighted by molar-refractivity contribution is -0.121. The number of nitrogens with two attached hydrogens (primary N) is 1. The first-order valence-corrected chi connectivity index (χ1v) is 8.44. The first kappa shape index (κ1) is 17.8. The second-order valence-electron chi connectivity index (χ2n) is 6.20. The molecule has 0 bridgehead atoms. The van der Waals surface area contributed by atoms with Crippen molar-refractivity contribution in [2.75, 3.05) is 25.7 Å². The molecule has 0 aliphatic carbocycles. The molecule has 1 atom stereocenters. The van der Waals surface area contributed by atoms with E-state index < -0.39 is 0 Å². The van der Waals surface area contributed by atoms with Crippen molar-refractivity contribution in [1.29, 1.82) is 0 Å².